The third kappa shape index (κ3) is 2.73. The minimum Gasteiger partial charge on any atom is -0.464 e. The maximum absolute atomic E-state index is 13.8. The first-order valence-electron chi connectivity index (χ1n) is 8.41. The number of fused-ring (bicyclic) bond motifs is 3. The Morgan fingerprint density at radius 1 is 1.07 bits per heavy atom. The Bertz CT molecular complexity index is 1050. The molecule has 0 fully saturated rings. The Kier molecular flexibility index (Phi) is 3.79. The average Bonchev–Trinajstić information content (AvgIpc) is 3.33. The standard InChI is InChI=1S/C20H13BrF2N2O2/c21-12-4-6-18-13(9-12)17-10-16(19-2-1-7-26-19)24-25(17)20(27-18)11-3-5-14(22)15(23)8-11/h1-9,17,20H,10H2/t17-,20-/m0/s1. The van der Waals surface area contributed by atoms with Crippen LogP contribution in [0.2, 0.25) is 0 Å². The van der Waals surface area contributed by atoms with Crippen molar-refractivity contribution >= 4 is 21.6 Å². The number of hydrogen-bond donors (Lipinski definition) is 0. The number of furan rings is 1. The Labute approximate surface area is 162 Å². The molecule has 0 saturated carbocycles. The van der Waals surface area contributed by atoms with Crippen molar-refractivity contribution in [1.82, 2.24) is 5.01 Å². The van der Waals surface area contributed by atoms with Gasteiger partial charge in [0.15, 0.2) is 11.6 Å². The molecule has 0 N–H and O–H groups in total. The van der Waals surface area contributed by atoms with Crippen LogP contribution in [0.25, 0.3) is 0 Å². The highest BCUT2D eigenvalue weighted by Gasteiger charge is 2.41. The number of rotatable bonds is 2. The van der Waals surface area contributed by atoms with Gasteiger partial charge in [0.05, 0.1) is 12.3 Å². The van der Waals surface area contributed by atoms with E-state index in [2.05, 4.69) is 15.9 Å². The molecule has 0 radical (unpaired) electrons. The van der Waals surface area contributed by atoms with Crippen LogP contribution < -0.4 is 4.74 Å². The molecule has 7 heteroatoms. The van der Waals surface area contributed by atoms with Crippen LogP contribution in [0.3, 0.4) is 0 Å². The maximum atomic E-state index is 13.8. The molecule has 2 aliphatic rings. The summed E-state index contributed by atoms with van der Waals surface area (Å²) in [4.78, 5) is 0. The van der Waals surface area contributed by atoms with Gasteiger partial charge in [0.1, 0.15) is 17.2 Å². The summed E-state index contributed by atoms with van der Waals surface area (Å²) >= 11 is 3.50. The zero-order chi connectivity index (χ0) is 18.5. The molecule has 2 atom stereocenters. The molecule has 136 valence electrons. The van der Waals surface area contributed by atoms with Crippen LogP contribution >= 0.6 is 15.9 Å². The molecule has 2 aromatic carbocycles. The van der Waals surface area contributed by atoms with E-state index in [-0.39, 0.29) is 6.04 Å². The maximum Gasteiger partial charge on any atom is 0.213 e. The van der Waals surface area contributed by atoms with E-state index in [1.165, 1.54) is 6.07 Å². The van der Waals surface area contributed by atoms with Crippen LogP contribution in [0.5, 0.6) is 5.75 Å². The van der Waals surface area contributed by atoms with Gasteiger partial charge in [0.2, 0.25) is 6.23 Å². The van der Waals surface area contributed by atoms with Crippen molar-refractivity contribution < 1.29 is 17.9 Å². The molecule has 0 bridgehead atoms. The van der Waals surface area contributed by atoms with Gasteiger partial charge in [-0.3, -0.25) is 0 Å². The van der Waals surface area contributed by atoms with Crippen LogP contribution in [0, 0.1) is 11.6 Å². The van der Waals surface area contributed by atoms with Gasteiger partial charge >= 0.3 is 0 Å². The quantitative estimate of drug-likeness (QED) is 0.533. The fourth-order valence-corrected chi connectivity index (χ4v) is 3.91. The van der Waals surface area contributed by atoms with Gasteiger partial charge in [-0.2, -0.15) is 5.10 Å². The summed E-state index contributed by atoms with van der Waals surface area (Å²) < 4.78 is 39.8. The van der Waals surface area contributed by atoms with Crippen LogP contribution in [0.1, 0.15) is 35.6 Å². The number of ether oxygens (including phenoxy) is 1. The van der Waals surface area contributed by atoms with Gasteiger partial charge in [0, 0.05) is 22.0 Å². The molecule has 0 spiro atoms. The lowest BCUT2D eigenvalue weighted by molar-refractivity contribution is -0.0193. The van der Waals surface area contributed by atoms with Gasteiger partial charge in [0.25, 0.3) is 0 Å². The zero-order valence-corrected chi connectivity index (χ0v) is 15.5. The SMILES string of the molecule is Fc1ccc([C@@H]2Oc3ccc(Br)cc3[C@@H]3CC(c4ccco4)=NN32)cc1F. The summed E-state index contributed by atoms with van der Waals surface area (Å²) in [6.07, 6.45) is 1.56. The predicted molar refractivity (Wildman–Crippen MR) is 98.3 cm³/mol. The zero-order valence-electron chi connectivity index (χ0n) is 13.9. The molecule has 0 amide bonds. The monoisotopic (exact) mass is 430 g/mol. The van der Waals surface area contributed by atoms with E-state index in [1.54, 1.807) is 11.3 Å². The topological polar surface area (TPSA) is 38.0 Å². The molecule has 3 heterocycles. The molecule has 27 heavy (non-hydrogen) atoms. The highest BCUT2D eigenvalue weighted by molar-refractivity contribution is 9.10. The Morgan fingerprint density at radius 2 is 1.96 bits per heavy atom. The van der Waals surface area contributed by atoms with Gasteiger partial charge in [-0.15, -0.1) is 0 Å². The van der Waals surface area contributed by atoms with Crippen molar-refractivity contribution in [3.8, 4) is 5.75 Å². The summed E-state index contributed by atoms with van der Waals surface area (Å²) in [7, 11) is 0. The van der Waals surface area contributed by atoms with Crippen molar-refractivity contribution in [2.45, 2.75) is 18.7 Å². The van der Waals surface area contributed by atoms with E-state index in [4.69, 9.17) is 14.3 Å². The van der Waals surface area contributed by atoms with Crippen LogP contribution in [0.15, 0.2) is 68.8 Å². The molecule has 1 aromatic heterocycles. The lowest BCUT2D eigenvalue weighted by Gasteiger charge is -2.38. The number of benzene rings is 2. The molecule has 0 saturated heterocycles. The van der Waals surface area contributed by atoms with Crippen LogP contribution in [-0.2, 0) is 0 Å². The number of hydrazone groups is 1. The smallest absolute Gasteiger partial charge is 0.213 e. The van der Waals surface area contributed by atoms with Gasteiger partial charge in [-0.05, 0) is 42.5 Å². The Balaban J connectivity index is 1.62. The van der Waals surface area contributed by atoms with Crippen molar-refractivity contribution in [3.05, 3.63) is 87.8 Å². The molecule has 0 aliphatic carbocycles. The molecular weight excluding hydrogens is 418 g/mol. The van der Waals surface area contributed by atoms with E-state index in [0.717, 1.165) is 27.9 Å². The minimum absolute atomic E-state index is 0.0931. The molecule has 3 aromatic rings. The first-order valence-corrected chi connectivity index (χ1v) is 9.20. The minimum atomic E-state index is -0.913. The third-order valence-electron chi connectivity index (χ3n) is 4.79. The van der Waals surface area contributed by atoms with E-state index in [9.17, 15) is 8.78 Å². The summed E-state index contributed by atoms with van der Waals surface area (Å²) in [5.41, 5.74) is 2.26. The lowest BCUT2D eigenvalue weighted by atomic mass is 9.97. The van der Waals surface area contributed by atoms with Crippen molar-refractivity contribution in [2.24, 2.45) is 5.10 Å². The van der Waals surface area contributed by atoms with Crippen molar-refractivity contribution in [1.29, 1.82) is 0 Å². The van der Waals surface area contributed by atoms with E-state index >= 15 is 0 Å². The fourth-order valence-electron chi connectivity index (χ4n) is 3.54. The second-order valence-corrected chi connectivity index (χ2v) is 7.37. The van der Waals surface area contributed by atoms with Crippen LogP contribution in [0.4, 0.5) is 8.78 Å². The second-order valence-electron chi connectivity index (χ2n) is 6.45. The highest BCUT2D eigenvalue weighted by atomic mass is 79.9. The molecule has 5 rings (SSSR count). The van der Waals surface area contributed by atoms with E-state index < -0.39 is 17.9 Å². The second kappa shape index (κ2) is 6.20. The Hall–Kier alpha value is -2.67. The molecular formula is C20H13BrF2N2O2. The van der Waals surface area contributed by atoms with Crippen LogP contribution in [-0.4, -0.2) is 10.7 Å². The molecule has 0 unspecified atom stereocenters. The predicted octanol–water partition coefficient (Wildman–Crippen LogP) is 5.56. The largest absolute Gasteiger partial charge is 0.464 e. The number of hydrogen-bond acceptors (Lipinski definition) is 4. The third-order valence-corrected chi connectivity index (χ3v) is 5.28. The summed E-state index contributed by atoms with van der Waals surface area (Å²) in [5, 5.41) is 6.48. The van der Waals surface area contributed by atoms with Gasteiger partial charge in [-0.1, -0.05) is 22.0 Å². The summed E-state index contributed by atoms with van der Waals surface area (Å²) in [5.74, 6) is -0.421. The molecule has 4 nitrogen and oxygen atoms in total. The van der Waals surface area contributed by atoms with Crippen molar-refractivity contribution in [3.63, 3.8) is 0 Å². The first-order chi connectivity index (χ1) is 13.1. The summed E-state index contributed by atoms with van der Waals surface area (Å²) in [6, 6.07) is 13.1. The normalized spacial score (nSPS) is 20.7. The van der Waals surface area contributed by atoms with Crippen molar-refractivity contribution in [2.75, 3.05) is 0 Å². The highest BCUT2D eigenvalue weighted by Crippen LogP contribution is 2.48. The van der Waals surface area contributed by atoms with Gasteiger partial charge < -0.3 is 9.15 Å². The lowest BCUT2D eigenvalue weighted by Crippen LogP contribution is -2.33. The van der Waals surface area contributed by atoms with E-state index in [1.807, 2.05) is 30.3 Å². The van der Waals surface area contributed by atoms with E-state index in [0.29, 0.717) is 23.5 Å². The number of nitrogens with zero attached hydrogens (tertiary/aromatic N) is 2. The fraction of sp³-hybridized carbons (Fsp3) is 0.150. The number of halogens is 3. The Morgan fingerprint density at radius 3 is 2.74 bits per heavy atom. The average molecular weight is 431 g/mol. The molecule has 2 aliphatic heterocycles. The summed E-state index contributed by atoms with van der Waals surface area (Å²) in [6.45, 7) is 0. The first kappa shape index (κ1) is 16.5. The van der Waals surface area contributed by atoms with Gasteiger partial charge in [-0.25, -0.2) is 13.8 Å².